The molecule has 0 aliphatic carbocycles. The maximum absolute atomic E-state index is 12.6. The number of amides is 1. The van der Waals surface area contributed by atoms with E-state index in [1.54, 1.807) is 7.11 Å². The lowest BCUT2D eigenvalue weighted by molar-refractivity contribution is 0.0917. The lowest BCUT2D eigenvalue weighted by Crippen LogP contribution is -2.24. The molecule has 0 aliphatic rings. The molecule has 126 valence electrons. The molecule has 2 aromatic carbocycles. The minimum absolute atomic E-state index is 0.277. The van der Waals surface area contributed by atoms with Crippen LogP contribution >= 0.6 is 0 Å². The summed E-state index contributed by atoms with van der Waals surface area (Å²) in [4.78, 5) is 20.2. The third kappa shape index (κ3) is 2.88. The highest BCUT2D eigenvalue weighted by Crippen LogP contribution is 2.26. The number of rotatable bonds is 5. The lowest BCUT2D eigenvalue weighted by atomic mass is 10.1. The number of hydrogen-bond donors (Lipinski definition) is 2. The Morgan fingerprint density at radius 3 is 2.84 bits per heavy atom. The molecular formula is C19H17N3O3. The van der Waals surface area contributed by atoms with Gasteiger partial charge >= 0.3 is 0 Å². The summed E-state index contributed by atoms with van der Waals surface area (Å²) in [6.07, 6.45) is 0. The Hall–Kier alpha value is -3.12. The van der Waals surface area contributed by atoms with E-state index in [0.717, 1.165) is 22.0 Å². The number of benzene rings is 2. The van der Waals surface area contributed by atoms with Gasteiger partial charge in [0.15, 0.2) is 5.76 Å². The largest absolute Gasteiger partial charge is 0.451 e. The molecule has 25 heavy (non-hydrogen) atoms. The molecule has 0 aliphatic heterocycles. The van der Waals surface area contributed by atoms with E-state index in [1.165, 1.54) is 0 Å². The number of para-hydroxylation sites is 3. The fraction of sp³-hybridized carbons (Fsp3) is 0.158. The van der Waals surface area contributed by atoms with Gasteiger partial charge in [0, 0.05) is 18.1 Å². The number of carbonyl (C=O) groups is 1. The SMILES string of the molecule is COCc1c(C(=O)NCc2nc3ccccc3[nH]2)oc2ccccc12. The highest BCUT2D eigenvalue weighted by molar-refractivity contribution is 5.99. The fourth-order valence-electron chi connectivity index (χ4n) is 2.90. The second-order valence-corrected chi connectivity index (χ2v) is 5.72. The van der Waals surface area contributed by atoms with Gasteiger partial charge in [-0.1, -0.05) is 30.3 Å². The van der Waals surface area contributed by atoms with Gasteiger partial charge in [-0.15, -0.1) is 0 Å². The zero-order chi connectivity index (χ0) is 17.2. The molecule has 0 saturated heterocycles. The topological polar surface area (TPSA) is 80.1 Å². The Kier molecular flexibility index (Phi) is 3.95. The molecule has 6 heteroatoms. The van der Waals surface area contributed by atoms with Crippen LogP contribution in [0.1, 0.15) is 21.9 Å². The molecule has 1 amide bonds. The van der Waals surface area contributed by atoms with Gasteiger partial charge in [-0.25, -0.2) is 4.98 Å². The summed E-state index contributed by atoms with van der Waals surface area (Å²) in [6.45, 7) is 0.599. The summed E-state index contributed by atoms with van der Waals surface area (Å²) in [7, 11) is 1.60. The van der Waals surface area contributed by atoms with Crippen LogP contribution in [0.25, 0.3) is 22.0 Å². The zero-order valence-electron chi connectivity index (χ0n) is 13.7. The number of furan rings is 1. The Morgan fingerprint density at radius 1 is 1.20 bits per heavy atom. The summed E-state index contributed by atoms with van der Waals surface area (Å²) in [6, 6.07) is 15.3. The van der Waals surface area contributed by atoms with Crippen molar-refractivity contribution in [3.05, 3.63) is 65.7 Å². The number of methoxy groups -OCH3 is 1. The number of nitrogens with one attached hydrogen (secondary N) is 2. The molecule has 2 N–H and O–H groups in total. The summed E-state index contributed by atoms with van der Waals surface area (Å²) in [5.74, 6) is 0.682. The molecule has 0 bridgehead atoms. The fourth-order valence-corrected chi connectivity index (χ4v) is 2.90. The van der Waals surface area contributed by atoms with Crippen molar-refractivity contribution >= 4 is 27.9 Å². The molecule has 2 heterocycles. The molecule has 0 radical (unpaired) electrons. The van der Waals surface area contributed by atoms with E-state index >= 15 is 0 Å². The van der Waals surface area contributed by atoms with Crippen molar-refractivity contribution in [2.45, 2.75) is 13.2 Å². The Balaban J connectivity index is 1.58. The van der Waals surface area contributed by atoms with Crippen molar-refractivity contribution in [2.24, 2.45) is 0 Å². The molecule has 0 unspecified atom stereocenters. The van der Waals surface area contributed by atoms with Gasteiger partial charge < -0.3 is 19.5 Å². The number of fused-ring (bicyclic) bond motifs is 2. The number of hydrogen-bond acceptors (Lipinski definition) is 4. The molecule has 6 nitrogen and oxygen atoms in total. The van der Waals surface area contributed by atoms with Gasteiger partial charge in [-0.2, -0.15) is 0 Å². The van der Waals surface area contributed by atoms with E-state index in [4.69, 9.17) is 9.15 Å². The molecule has 4 aromatic rings. The third-order valence-corrected chi connectivity index (χ3v) is 4.05. The predicted octanol–water partition coefficient (Wildman–Crippen LogP) is 3.39. The molecule has 4 rings (SSSR count). The van der Waals surface area contributed by atoms with E-state index in [1.807, 2.05) is 48.5 Å². The number of imidazole rings is 1. The van der Waals surface area contributed by atoms with Crippen LogP contribution in [0.2, 0.25) is 0 Å². The molecule has 0 fully saturated rings. The molecule has 0 atom stereocenters. The maximum Gasteiger partial charge on any atom is 0.287 e. The smallest absolute Gasteiger partial charge is 0.287 e. The summed E-state index contributed by atoms with van der Waals surface area (Å²) < 4.78 is 11.0. The van der Waals surface area contributed by atoms with Crippen LogP contribution in [0, 0.1) is 0 Å². The predicted molar refractivity (Wildman–Crippen MR) is 94.2 cm³/mol. The van der Waals surface area contributed by atoms with E-state index < -0.39 is 0 Å². The van der Waals surface area contributed by atoms with Gasteiger partial charge in [0.1, 0.15) is 11.4 Å². The van der Waals surface area contributed by atoms with Gasteiger partial charge in [0.05, 0.1) is 24.2 Å². The van der Waals surface area contributed by atoms with Crippen molar-refractivity contribution in [1.29, 1.82) is 0 Å². The molecular weight excluding hydrogens is 318 g/mol. The van der Waals surface area contributed by atoms with Gasteiger partial charge in [0.25, 0.3) is 5.91 Å². The number of H-pyrrole nitrogens is 1. The third-order valence-electron chi connectivity index (χ3n) is 4.05. The minimum atomic E-state index is -0.288. The van der Waals surface area contributed by atoms with E-state index in [9.17, 15) is 4.79 Å². The molecule has 2 aromatic heterocycles. The van der Waals surface area contributed by atoms with Crippen molar-refractivity contribution in [3.63, 3.8) is 0 Å². The van der Waals surface area contributed by atoms with Crippen molar-refractivity contribution in [1.82, 2.24) is 15.3 Å². The Labute approximate surface area is 143 Å². The van der Waals surface area contributed by atoms with E-state index in [-0.39, 0.29) is 18.2 Å². The van der Waals surface area contributed by atoms with Crippen molar-refractivity contribution < 1.29 is 13.9 Å². The monoisotopic (exact) mass is 335 g/mol. The van der Waals surface area contributed by atoms with Gasteiger partial charge in [0.2, 0.25) is 0 Å². The van der Waals surface area contributed by atoms with Crippen molar-refractivity contribution in [3.8, 4) is 0 Å². The number of ether oxygens (including phenoxy) is 1. The lowest BCUT2D eigenvalue weighted by Gasteiger charge is -2.03. The normalized spacial score (nSPS) is 11.2. The van der Waals surface area contributed by atoms with Gasteiger partial charge in [-0.05, 0) is 18.2 Å². The second-order valence-electron chi connectivity index (χ2n) is 5.72. The average molecular weight is 335 g/mol. The van der Waals surface area contributed by atoms with Crippen LogP contribution in [-0.2, 0) is 17.9 Å². The number of aromatic amines is 1. The second kappa shape index (κ2) is 6.41. The van der Waals surface area contributed by atoms with Crippen LogP contribution in [0.15, 0.2) is 52.9 Å². The van der Waals surface area contributed by atoms with Crippen LogP contribution in [0.3, 0.4) is 0 Å². The first-order valence-corrected chi connectivity index (χ1v) is 7.97. The Morgan fingerprint density at radius 2 is 2.00 bits per heavy atom. The zero-order valence-corrected chi connectivity index (χ0v) is 13.7. The Bertz CT molecular complexity index is 1020. The minimum Gasteiger partial charge on any atom is -0.451 e. The number of aromatic nitrogens is 2. The molecule has 0 saturated carbocycles. The number of nitrogens with zero attached hydrogens (tertiary/aromatic N) is 1. The summed E-state index contributed by atoms with van der Waals surface area (Å²) in [5.41, 5.74) is 3.23. The first-order valence-electron chi connectivity index (χ1n) is 7.97. The van der Waals surface area contributed by atoms with Crippen LogP contribution in [0.4, 0.5) is 0 Å². The van der Waals surface area contributed by atoms with Crippen LogP contribution in [0.5, 0.6) is 0 Å². The van der Waals surface area contributed by atoms with Crippen molar-refractivity contribution in [2.75, 3.05) is 7.11 Å². The first-order chi connectivity index (χ1) is 12.3. The van der Waals surface area contributed by atoms with E-state index in [2.05, 4.69) is 15.3 Å². The van der Waals surface area contributed by atoms with Gasteiger partial charge in [-0.3, -0.25) is 4.79 Å². The summed E-state index contributed by atoms with van der Waals surface area (Å²) >= 11 is 0. The number of carbonyl (C=O) groups excluding carboxylic acids is 1. The standard InChI is InChI=1S/C19H17N3O3/c1-24-11-13-12-6-2-5-9-16(12)25-18(13)19(23)20-10-17-21-14-7-3-4-8-15(14)22-17/h2-9H,10-11H2,1H3,(H,20,23)(H,21,22). The molecule has 0 spiro atoms. The van der Waals surface area contributed by atoms with Crippen LogP contribution < -0.4 is 5.32 Å². The van der Waals surface area contributed by atoms with Crippen LogP contribution in [-0.4, -0.2) is 23.0 Å². The van der Waals surface area contributed by atoms with E-state index in [0.29, 0.717) is 18.0 Å². The maximum atomic E-state index is 12.6. The average Bonchev–Trinajstić information content (AvgIpc) is 3.21. The summed E-state index contributed by atoms with van der Waals surface area (Å²) in [5, 5.41) is 3.74. The first kappa shape index (κ1) is 15.4. The highest BCUT2D eigenvalue weighted by atomic mass is 16.5. The highest BCUT2D eigenvalue weighted by Gasteiger charge is 2.20. The quantitative estimate of drug-likeness (QED) is 0.586.